The van der Waals surface area contributed by atoms with Crippen molar-refractivity contribution in [2.24, 2.45) is 5.16 Å². The Kier molecular flexibility index (Phi) is 5.21. The van der Waals surface area contributed by atoms with Crippen molar-refractivity contribution in [3.05, 3.63) is 42.8 Å². The highest BCUT2D eigenvalue weighted by Gasteiger charge is 2.55. The van der Waals surface area contributed by atoms with Crippen molar-refractivity contribution in [3.8, 4) is 0 Å². The molecule has 166 valence electrons. The number of aromatic nitrogens is 1. The number of nitrogens with one attached hydrogen (secondary N) is 1. The minimum atomic E-state index is -1.46. The number of β-lactam (4-membered cyclic amide) rings is 1. The minimum absolute atomic E-state index is 0.000852. The van der Waals surface area contributed by atoms with Crippen LogP contribution >= 0.6 is 23.1 Å². The zero-order chi connectivity index (χ0) is 23.3. The van der Waals surface area contributed by atoms with Crippen molar-refractivity contribution in [2.75, 3.05) is 24.3 Å². The van der Waals surface area contributed by atoms with Crippen LogP contribution in [0.15, 0.2) is 25.8 Å². The van der Waals surface area contributed by atoms with Gasteiger partial charge in [-0.25, -0.2) is 9.78 Å². The molecule has 2 atom stereocenters. The number of nitrogen functional groups attached to an aromatic ring is 2. The predicted octanol–water partition coefficient (Wildman–Crippen LogP) is -1.85. The van der Waals surface area contributed by atoms with Crippen molar-refractivity contribution in [1.29, 1.82) is 0 Å². The Morgan fingerprint density at radius 1 is 1.31 bits per heavy atom. The fourth-order valence-corrected chi connectivity index (χ4v) is 5.32. The van der Waals surface area contributed by atoms with E-state index in [4.69, 9.17) is 11.5 Å². The van der Waals surface area contributed by atoms with Gasteiger partial charge < -0.3 is 26.7 Å². The van der Waals surface area contributed by atoms with E-state index in [2.05, 4.69) is 20.3 Å². The van der Waals surface area contributed by atoms with Crippen LogP contribution in [0.3, 0.4) is 0 Å². The lowest BCUT2D eigenvalue weighted by Gasteiger charge is -2.49. The number of fused-ring (bicyclic) bond motifs is 1. The van der Waals surface area contributed by atoms with Crippen molar-refractivity contribution in [2.45, 2.75) is 11.4 Å². The Hall–Kier alpha value is -3.72. The normalized spacial score (nSPS) is 20.7. The summed E-state index contributed by atoms with van der Waals surface area (Å²) in [6.07, 6.45) is 0. The van der Waals surface area contributed by atoms with Crippen LogP contribution < -0.4 is 27.6 Å². The zero-order valence-corrected chi connectivity index (χ0v) is 17.8. The quantitative estimate of drug-likeness (QED) is 0.157. The number of hydrogen-bond acceptors (Lipinski definition) is 12. The van der Waals surface area contributed by atoms with Crippen LogP contribution in [0.25, 0.3) is 5.57 Å². The molecule has 4 rings (SSSR count). The first-order chi connectivity index (χ1) is 15.2. The number of hydrogen-bond donors (Lipinski definition) is 4. The number of thioether (sulfide) groups is 1. The molecule has 15 heteroatoms. The number of carbonyl (C=O) groups excluding carboxylic acids is 2. The third kappa shape index (κ3) is 3.13. The molecule has 1 aromatic heterocycles. The average molecular weight is 478 g/mol. The van der Waals surface area contributed by atoms with Crippen molar-refractivity contribution in [3.63, 3.8) is 0 Å². The number of rotatable bonds is 6. The predicted molar refractivity (Wildman–Crippen MR) is 115 cm³/mol. The number of amides is 2. The molecule has 32 heavy (non-hydrogen) atoms. The van der Waals surface area contributed by atoms with Crippen LogP contribution in [0.5, 0.6) is 0 Å². The Morgan fingerprint density at radius 2 is 2.03 bits per heavy atom. The monoisotopic (exact) mass is 478 g/mol. The van der Waals surface area contributed by atoms with E-state index in [0.717, 1.165) is 28.0 Å². The van der Waals surface area contributed by atoms with Gasteiger partial charge in [-0.1, -0.05) is 5.16 Å². The van der Waals surface area contributed by atoms with Crippen molar-refractivity contribution >= 4 is 63.0 Å². The molecule has 2 aliphatic rings. The Balaban J connectivity index is 1.60. The highest BCUT2D eigenvalue weighted by Crippen LogP contribution is 2.43. The molecule has 1 aromatic carbocycles. The second kappa shape index (κ2) is 7.76. The van der Waals surface area contributed by atoms with Crippen molar-refractivity contribution < 1.29 is 24.3 Å². The summed E-state index contributed by atoms with van der Waals surface area (Å²) in [6, 6.07) is -1.06. The molecule has 0 aliphatic carbocycles. The van der Waals surface area contributed by atoms with Gasteiger partial charge in [-0.05, 0) is 0 Å². The fourth-order valence-electron chi connectivity index (χ4n) is 3.42. The van der Waals surface area contributed by atoms with Crippen LogP contribution in [-0.4, -0.2) is 62.8 Å². The number of nitrogens with zero attached hydrogens (tertiary/aromatic N) is 3. The lowest BCUT2D eigenvalue weighted by molar-refractivity contribution is -0.149. The summed E-state index contributed by atoms with van der Waals surface area (Å²) >= 11 is 2.20. The lowest BCUT2D eigenvalue weighted by Crippen LogP contribution is -2.71. The number of carboxylic acids is 1. The largest absolute Gasteiger partial charge is 0.477 e. The van der Waals surface area contributed by atoms with Crippen LogP contribution in [0.2, 0.25) is 0 Å². The van der Waals surface area contributed by atoms with E-state index in [1.165, 1.54) is 12.5 Å². The maximum Gasteiger partial charge on any atom is 0.352 e. The SMILES string of the molecule is CON=C(C(=O)NC1C(=O)N2C(C(=O)O)=C(c3c(N)c(=O)c3=O)CS[C@@H]12)c1csc(N)n1. The van der Waals surface area contributed by atoms with E-state index < -0.39 is 45.8 Å². The number of carboxylic acid groups (broad SMARTS) is 1. The molecule has 0 radical (unpaired) electrons. The molecular formula is C17H14N6O7S2. The highest BCUT2D eigenvalue weighted by atomic mass is 32.2. The van der Waals surface area contributed by atoms with Crippen LogP contribution in [0.4, 0.5) is 10.8 Å². The number of nitrogens with two attached hydrogens (primary N) is 2. The molecular weight excluding hydrogens is 464 g/mol. The average Bonchev–Trinajstić information content (AvgIpc) is 3.20. The van der Waals surface area contributed by atoms with E-state index >= 15 is 0 Å². The van der Waals surface area contributed by atoms with E-state index in [-0.39, 0.29) is 39.1 Å². The van der Waals surface area contributed by atoms with Crippen molar-refractivity contribution in [1.82, 2.24) is 15.2 Å². The number of aliphatic carboxylic acids is 1. The van der Waals surface area contributed by atoms with Gasteiger partial charge in [0.15, 0.2) is 10.8 Å². The molecule has 3 heterocycles. The lowest BCUT2D eigenvalue weighted by atomic mass is 9.95. The van der Waals surface area contributed by atoms with E-state index in [1.54, 1.807) is 0 Å². The first-order valence-corrected chi connectivity index (χ1v) is 10.7. The van der Waals surface area contributed by atoms with Gasteiger partial charge in [-0.3, -0.25) is 24.1 Å². The van der Waals surface area contributed by atoms with Crippen LogP contribution in [0.1, 0.15) is 11.3 Å². The molecule has 2 aliphatic heterocycles. The summed E-state index contributed by atoms with van der Waals surface area (Å²) in [4.78, 5) is 70.3. The third-order valence-corrected chi connectivity index (χ3v) is 6.82. The second-order valence-electron chi connectivity index (χ2n) is 6.63. The van der Waals surface area contributed by atoms with Gasteiger partial charge in [-0.15, -0.1) is 23.1 Å². The number of anilines is 2. The second-order valence-corrected chi connectivity index (χ2v) is 8.63. The zero-order valence-electron chi connectivity index (χ0n) is 16.1. The summed E-state index contributed by atoms with van der Waals surface area (Å²) in [6.45, 7) is 0. The van der Waals surface area contributed by atoms with Gasteiger partial charge in [-0.2, -0.15) is 0 Å². The fraction of sp³-hybridized carbons (Fsp3) is 0.235. The number of oxime groups is 1. The van der Waals surface area contributed by atoms with Crippen LogP contribution in [0, 0.1) is 0 Å². The summed E-state index contributed by atoms with van der Waals surface area (Å²) in [7, 11) is 1.23. The summed E-state index contributed by atoms with van der Waals surface area (Å²) in [5.74, 6) is -2.94. The van der Waals surface area contributed by atoms with Gasteiger partial charge in [0.2, 0.25) is 10.9 Å². The molecule has 2 amide bonds. The summed E-state index contributed by atoms with van der Waals surface area (Å²) in [5.41, 5.74) is 8.35. The molecule has 13 nitrogen and oxygen atoms in total. The van der Waals surface area contributed by atoms with Gasteiger partial charge >= 0.3 is 5.97 Å². The molecule has 1 fully saturated rings. The molecule has 2 aromatic rings. The van der Waals surface area contributed by atoms with Gasteiger partial charge in [0.05, 0.1) is 11.3 Å². The first-order valence-electron chi connectivity index (χ1n) is 8.81. The molecule has 6 N–H and O–H groups in total. The molecule has 0 saturated carbocycles. The smallest absolute Gasteiger partial charge is 0.352 e. The molecule has 0 bridgehead atoms. The van der Waals surface area contributed by atoms with E-state index in [9.17, 15) is 29.1 Å². The van der Waals surface area contributed by atoms with Gasteiger partial charge in [0.1, 0.15) is 29.9 Å². The third-order valence-electron chi connectivity index (χ3n) is 4.87. The standard InChI is InChI=1S/C17H14N6O7S2/c1-30-22-8(5-3-32-17(19)20-5)13(26)21-9-14(27)23-10(16(28)29)4(2-31-15(9)23)6-7(18)12(25)11(6)24/h3,9,15H,2,18H2,1H3,(H2,19,20)(H,21,26)(H,28,29)/t9?,15-/m0/s1. The minimum Gasteiger partial charge on any atom is -0.477 e. The Morgan fingerprint density at radius 3 is 2.59 bits per heavy atom. The summed E-state index contributed by atoms with van der Waals surface area (Å²) < 4.78 is 0. The summed E-state index contributed by atoms with van der Waals surface area (Å²) in [5, 5.41) is 16.7. The number of carbonyl (C=O) groups is 3. The maximum absolute atomic E-state index is 12.8. The van der Waals surface area contributed by atoms with Crippen LogP contribution in [-0.2, 0) is 19.2 Å². The number of thiazole rings is 1. The topological polar surface area (TPSA) is 207 Å². The molecule has 1 unspecified atom stereocenters. The van der Waals surface area contributed by atoms with E-state index in [1.807, 2.05) is 0 Å². The van der Waals surface area contributed by atoms with E-state index in [0.29, 0.717) is 0 Å². The maximum atomic E-state index is 12.8. The van der Waals surface area contributed by atoms with Gasteiger partial charge in [0.25, 0.3) is 11.8 Å². The van der Waals surface area contributed by atoms with Gasteiger partial charge in [0, 0.05) is 16.7 Å². The Bertz CT molecular complexity index is 1310. The molecule has 0 spiro atoms. The highest BCUT2D eigenvalue weighted by molar-refractivity contribution is 8.00. The Labute approximate surface area is 186 Å². The first kappa shape index (κ1) is 21.5. The molecule has 1 saturated heterocycles.